The molecule has 0 amide bonds. The summed E-state index contributed by atoms with van der Waals surface area (Å²) >= 11 is 0. The van der Waals surface area contributed by atoms with Crippen LogP contribution in [0.15, 0.2) is 24.3 Å². The van der Waals surface area contributed by atoms with Crippen LogP contribution in [-0.4, -0.2) is 17.3 Å². The van der Waals surface area contributed by atoms with E-state index >= 15 is 0 Å². The number of anilines is 1. The molecular formula is C11H13N3O. The Labute approximate surface area is 88.1 Å². The largest absolute Gasteiger partial charge is 0.497 e. The van der Waals surface area contributed by atoms with Gasteiger partial charge < -0.3 is 10.5 Å². The summed E-state index contributed by atoms with van der Waals surface area (Å²) in [5.74, 6) is 1.35. The number of H-pyrrole nitrogens is 1. The van der Waals surface area contributed by atoms with Crippen molar-refractivity contribution in [3.05, 3.63) is 29.8 Å². The van der Waals surface area contributed by atoms with Crippen molar-refractivity contribution < 1.29 is 4.74 Å². The molecule has 3 N–H and O–H groups in total. The number of nitrogens with two attached hydrogens (primary N) is 1. The second-order valence-corrected chi connectivity index (χ2v) is 3.34. The Kier molecular flexibility index (Phi) is 2.33. The van der Waals surface area contributed by atoms with E-state index in [0.717, 1.165) is 22.6 Å². The Hall–Kier alpha value is -1.97. The van der Waals surface area contributed by atoms with Crippen LogP contribution in [0.1, 0.15) is 5.56 Å². The lowest BCUT2D eigenvalue weighted by atomic mass is 10.1. The Balaban J connectivity index is 2.49. The molecule has 0 aliphatic rings. The quantitative estimate of drug-likeness (QED) is 0.784. The molecular weight excluding hydrogens is 190 g/mol. The smallest absolute Gasteiger partial charge is 0.148 e. The lowest BCUT2D eigenvalue weighted by Crippen LogP contribution is -1.87. The standard InChI is InChI=1S/C11H13N3O/c1-7-10(13-14-11(7)12)8-4-3-5-9(6-8)15-2/h3-6H,1-2H3,(H3,12,13,14). The normalized spacial score (nSPS) is 10.3. The molecule has 78 valence electrons. The van der Waals surface area contributed by atoms with E-state index in [9.17, 15) is 0 Å². The van der Waals surface area contributed by atoms with Gasteiger partial charge in [0.2, 0.25) is 0 Å². The molecule has 1 aromatic heterocycles. The third-order valence-corrected chi connectivity index (χ3v) is 2.41. The number of aromatic nitrogens is 2. The van der Waals surface area contributed by atoms with Gasteiger partial charge in [0.25, 0.3) is 0 Å². The number of methoxy groups -OCH3 is 1. The molecule has 0 aliphatic heterocycles. The fraction of sp³-hybridized carbons (Fsp3) is 0.182. The minimum atomic E-state index is 0.535. The first kappa shape index (κ1) is 9.58. The topological polar surface area (TPSA) is 63.9 Å². The van der Waals surface area contributed by atoms with E-state index in [1.807, 2.05) is 31.2 Å². The molecule has 4 nitrogen and oxygen atoms in total. The summed E-state index contributed by atoms with van der Waals surface area (Å²) in [6, 6.07) is 7.77. The molecule has 0 radical (unpaired) electrons. The maximum Gasteiger partial charge on any atom is 0.148 e. The van der Waals surface area contributed by atoms with Crippen LogP contribution in [0.3, 0.4) is 0 Å². The van der Waals surface area contributed by atoms with Crippen molar-refractivity contribution in [2.75, 3.05) is 12.8 Å². The number of hydrogen-bond acceptors (Lipinski definition) is 3. The summed E-state index contributed by atoms with van der Waals surface area (Å²) < 4.78 is 5.16. The van der Waals surface area contributed by atoms with Gasteiger partial charge in [-0.25, -0.2) is 0 Å². The fourth-order valence-electron chi connectivity index (χ4n) is 1.47. The highest BCUT2D eigenvalue weighted by Crippen LogP contribution is 2.26. The Morgan fingerprint density at radius 2 is 2.20 bits per heavy atom. The number of aromatic amines is 1. The van der Waals surface area contributed by atoms with Gasteiger partial charge in [-0.05, 0) is 19.1 Å². The van der Waals surface area contributed by atoms with Crippen molar-refractivity contribution in [1.82, 2.24) is 10.2 Å². The van der Waals surface area contributed by atoms with Crippen LogP contribution in [0.2, 0.25) is 0 Å². The first-order chi connectivity index (χ1) is 7.22. The van der Waals surface area contributed by atoms with E-state index in [1.54, 1.807) is 7.11 Å². The molecule has 1 heterocycles. The summed E-state index contributed by atoms with van der Waals surface area (Å²) in [4.78, 5) is 0. The molecule has 0 spiro atoms. The zero-order chi connectivity index (χ0) is 10.8. The average molecular weight is 203 g/mol. The third kappa shape index (κ3) is 1.66. The Morgan fingerprint density at radius 3 is 2.80 bits per heavy atom. The number of nitrogens with zero attached hydrogens (tertiary/aromatic N) is 1. The SMILES string of the molecule is COc1cccc(-c2[nH]nc(N)c2C)c1. The van der Waals surface area contributed by atoms with Crippen LogP contribution in [-0.2, 0) is 0 Å². The van der Waals surface area contributed by atoms with Gasteiger partial charge in [-0.1, -0.05) is 12.1 Å². The maximum atomic E-state index is 5.67. The van der Waals surface area contributed by atoms with Crippen molar-refractivity contribution >= 4 is 5.82 Å². The highest BCUT2D eigenvalue weighted by atomic mass is 16.5. The third-order valence-electron chi connectivity index (χ3n) is 2.41. The van der Waals surface area contributed by atoms with E-state index in [4.69, 9.17) is 10.5 Å². The van der Waals surface area contributed by atoms with Crippen molar-refractivity contribution in [3.8, 4) is 17.0 Å². The van der Waals surface area contributed by atoms with Crippen molar-refractivity contribution in [2.24, 2.45) is 0 Å². The van der Waals surface area contributed by atoms with Gasteiger partial charge in [0, 0.05) is 11.1 Å². The first-order valence-corrected chi connectivity index (χ1v) is 4.67. The minimum Gasteiger partial charge on any atom is -0.497 e. The summed E-state index contributed by atoms with van der Waals surface area (Å²) in [5.41, 5.74) is 8.60. The van der Waals surface area contributed by atoms with Crippen LogP contribution >= 0.6 is 0 Å². The molecule has 0 fully saturated rings. The van der Waals surface area contributed by atoms with Crippen LogP contribution in [0, 0.1) is 6.92 Å². The summed E-state index contributed by atoms with van der Waals surface area (Å²) in [7, 11) is 1.65. The summed E-state index contributed by atoms with van der Waals surface area (Å²) in [6.45, 7) is 1.94. The van der Waals surface area contributed by atoms with Gasteiger partial charge in [-0.3, -0.25) is 5.10 Å². The predicted octanol–water partition coefficient (Wildman–Crippen LogP) is 1.98. The Bertz CT molecular complexity index is 476. The van der Waals surface area contributed by atoms with Gasteiger partial charge in [-0.15, -0.1) is 0 Å². The van der Waals surface area contributed by atoms with E-state index in [1.165, 1.54) is 0 Å². The van der Waals surface area contributed by atoms with Crippen molar-refractivity contribution in [1.29, 1.82) is 0 Å². The number of rotatable bonds is 2. The second-order valence-electron chi connectivity index (χ2n) is 3.34. The van der Waals surface area contributed by atoms with E-state index in [2.05, 4.69) is 10.2 Å². The number of nitrogen functional groups attached to an aromatic ring is 1. The molecule has 0 unspecified atom stereocenters. The predicted molar refractivity (Wildman–Crippen MR) is 59.7 cm³/mol. The number of hydrogen-bond donors (Lipinski definition) is 2. The molecule has 2 rings (SSSR count). The molecule has 4 heteroatoms. The fourth-order valence-corrected chi connectivity index (χ4v) is 1.47. The van der Waals surface area contributed by atoms with Crippen LogP contribution < -0.4 is 10.5 Å². The number of nitrogens with one attached hydrogen (secondary N) is 1. The van der Waals surface area contributed by atoms with E-state index in [0.29, 0.717) is 5.82 Å². The lowest BCUT2D eigenvalue weighted by Gasteiger charge is -2.03. The molecule has 0 aliphatic carbocycles. The molecule has 2 aromatic rings. The van der Waals surface area contributed by atoms with Gasteiger partial charge in [0.15, 0.2) is 0 Å². The van der Waals surface area contributed by atoms with E-state index < -0.39 is 0 Å². The minimum absolute atomic E-state index is 0.535. The zero-order valence-electron chi connectivity index (χ0n) is 8.74. The zero-order valence-corrected chi connectivity index (χ0v) is 8.74. The second kappa shape index (κ2) is 3.65. The maximum absolute atomic E-state index is 5.67. The summed E-state index contributed by atoms with van der Waals surface area (Å²) in [6.07, 6.45) is 0. The highest BCUT2D eigenvalue weighted by molar-refractivity contribution is 5.68. The van der Waals surface area contributed by atoms with Gasteiger partial charge in [-0.2, -0.15) is 5.10 Å². The molecule has 15 heavy (non-hydrogen) atoms. The lowest BCUT2D eigenvalue weighted by molar-refractivity contribution is 0.415. The molecule has 0 saturated carbocycles. The van der Waals surface area contributed by atoms with Crippen molar-refractivity contribution in [3.63, 3.8) is 0 Å². The van der Waals surface area contributed by atoms with Crippen LogP contribution in [0.5, 0.6) is 5.75 Å². The van der Waals surface area contributed by atoms with Crippen molar-refractivity contribution in [2.45, 2.75) is 6.92 Å². The first-order valence-electron chi connectivity index (χ1n) is 4.67. The highest BCUT2D eigenvalue weighted by Gasteiger charge is 2.08. The number of benzene rings is 1. The monoisotopic (exact) mass is 203 g/mol. The molecule has 1 aromatic carbocycles. The van der Waals surface area contributed by atoms with Crippen LogP contribution in [0.25, 0.3) is 11.3 Å². The summed E-state index contributed by atoms with van der Waals surface area (Å²) in [5, 5.41) is 6.87. The number of ether oxygens (including phenoxy) is 1. The van der Waals surface area contributed by atoms with Gasteiger partial charge in [0.05, 0.1) is 12.8 Å². The van der Waals surface area contributed by atoms with Crippen LogP contribution in [0.4, 0.5) is 5.82 Å². The van der Waals surface area contributed by atoms with Gasteiger partial charge in [0.1, 0.15) is 11.6 Å². The Morgan fingerprint density at radius 1 is 1.40 bits per heavy atom. The van der Waals surface area contributed by atoms with Gasteiger partial charge >= 0.3 is 0 Å². The van der Waals surface area contributed by atoms with E-state index in [-0.39, 0.29) is 0 Å². The molecule has 0 atom stereocenters. The molecule has 0 saturated heterocycles. The average Bonchev–Trinajstić information content (AvgIpc) is 2.60. The molecule has 0 bridgehead atoms.